The lowest BCUT2D eigenvalue weighted by Crippen LogP contribution is -2.48. The molecule has 0 radical (unpaired) electrons. The van der Waals surface area contributed by atoms with Crippen LogP contribution in [0, 0.1) is 0 Å². The molecule has 2 aromatic heterocycles. The number of hydrogen-bond acceptors (Lipinski definition) is 5. The Morgan fingerprint density at radius 1 is 0.400 bits per heavy atom. The van der Waals surface area contributed by atoms with Crippen molar-refractivity contribution in [3.63, 3.8) is 0 Å². The maximum absolute atomic E-state index is 10.7. The molecule has 0 aliphatic rings. The summed E-state index contributed by atoms with van der Waals surface area (Å²) in [5.74, 6) is 1.67. The molecular formula is C52H45BN2O5. The van der Waals surface area contributed by atoms with E-state index in [9.17, 15) is 10.0 Å². The molecule has 7 aromatic carbocycles. The monoisotopic (exact) mass is 788 g/mol. The van der Waals surface area contributed by atoms with Crippen molar-refractivity contribution in [1.82, 2.24) is 0 Å². The maximum atomic E-state index is 10.7. The van der Waals surface area contributed by atoms with E-state index in [4.69, 9.17) is 14.3 Å². The van der Waals surface area contributed by atoms with E-state index in [1.54, 1.807) is 9.46 Å². The molecule has 0 bridgehead atoms. The molecule has 9 rings (SSSR count). The summed E-state index contributed by atoms with van der Waals surface area (Å²) in [6.45, 7) is 0.159. The molecule has 0 saturated carbocycles. The quantitative estimate of drug-likeness (QED) is 0.0538. The van der Waals surface area contributed by atoms with E-state index in [-0.39, 0.29) is 12.0 Å². The van der Waals surface area contributed by atoms with E-state index in [2.05, 4.69) is 72.8 Å². The Morgan fingerprint density at radius 3 is 1.13 bits per heavy atom. The highest BCUT2D eigenvalue weighted by Crippen LogP contribution is 2.43. The number of pyridine rings is 2. The Morgan fingerprint density at radius 2 is 0.750 bits per heavy atom. The van der Waals surface area contributed by atoms with Gasteiger partial charge in [0.05, 0.1) is 7.32 Å². The lowest BCUT2D eigenvalue weighted by atomic mass is 9.67. The van der Waals surface area contributed by atoms with E-state index < -0.39 is 7.32 Å². The van der Waals surface area contributed by atoms with Crippen LogP contribution in [0.15, 0.2) is 237 Å². The fourth-order valence-corrected chi connectivity index (χ4v) is 7.20. The van der Waals surface area contributed by atoms with E-state index in [1.165, 1.54) is 38.2 Å². The van der Waals surface area contributed by atoms with Gasteiger partial charge in [-0.05, 0) is 75.3 Å². The first-order valence-corrected chi connectivity index (χ1v) is 19.9. The number of benzene rings is 7. The first-order valence-electron chi connectivity index (χ1n) is 19.9. The Labute approximate surface area is 351 Å². The molecule has 2 heterocycles. The summed E-state index contributed by atoms with van der Waals surface area (Å²) in [4.78, 5) is 11.4. The zero-order valence-electron chi connectivity index (χ0n) is 33.2. The van der Waals surface area contributed by atoms with Crippen LogP contribution in [0.1, 0.15) is 29.5 Å². The van der Waals surface area contributed by atoms with Gasteiger partial charge in [0.25, 0.3) is 0 Å². The molecule has 0 spiro atoms. The van der Waals surface area contributed by atoms with Crippen LogP contribution in [0.4, 0.5) is 0 Å². The molecule has 0 aliphatic heterocycles. The average Bonchev–Trinajstić information content (AvgIpc) is 3.31. The van der Waals surface area contributed by atoms with Crippen LogP contribution in [0.25, 0.3) is 21.5 Å². The van der Waals surface area contributed by atoms with Crippen molar-refractivity contribution in [2.45, 2.75) is 18.3 Å². The maximum Gasteiger partial charge on any atom is 0.223 e. The minimum absolute atomic E-state index is 0.159. The molecule has 0 aliphatic carbocycles. The van der Waals surface area contributed by atoms with Crippen molar-refractivity contribution in [3.8, 4) is 11.5 Å². The van der Waals surface area contributed by atoms with Crippen LogP contribution in [0.5, 0.6) is 11.5 Å². The molecule has 0 atom stereocenters. The van der Waals surface area contributed by atoms with E-state index >= 15 is 0 Å². The highest BCUT2D eigenvalue weighted by molar-refractivity contribution is 6.28. The van der Waals surface area contributed by atoms with Gasteiger partial charge < -0.3 is 14.7 Å². The second-order valence-corrected chi connectivity index (χ2v) is 13.9. The highest BCUT2D eigenvalue weighted by Gasteiger charge is 2.35. The van der Waals surface area contributed by atoms with Gasteiger partial charge in [-0.1, -0.05) is 164 Å². The minimum Gasteiger partial charge on any atom is -0.871 e. The smallest absolute Gasteiger partial charge is 0.223 e. The predicted molar refractivity (Wildman–Crippen MR) is 233 cm³/mol. The molecule has 8 heteroatoms. The number of aromatic nitrogens is 2. The Kier molecular flexibility index (Phi) is 14.4. The fourth-order valence-electron chi connectivity index (χ4n) is 7.20. The molecular weight excluding hydrogens is 743 g/mol. The van der Waals surface area contributed by atoms with Crippen molar-refractivity contribution in [2.24, 2.45) is 0 Å². The Balaban J connectivity index is 0.000000141. The Bertz CT molecular complexity index is 2420. The highest BCUT2D eigenvalue weighted by atomic mass is 16.7. The summed E-state index contributed by atoms with van der Waals surface area (Å²) in [6.07, 6.45) is 8.83. The van der Waals surface area contributed by atoms with Crippen LogP contribution in [-0.4, -0.2) is 13.9 Å². The molecule has 0 unspecified atom stereocenters. The number of fused-ring (bicyclic) bond motifs is 2. The summed E-state index contributed by atoms with van der Waals surface area (Å²) in [5.41, 5.74) is 3.17. The second-order valence-electron chi connectivity index (χ2n) is 13.9. The van der Waals surface area contributed by atoms with Gasteiger partial charge in [-0.25, -0.2) is 9.68 Å². The fraction of sp³-hybridized carbons (Fsp3) is 0.0769. The lowest BCUT2D eigenvalue weighted by Gasteiger charge is -2.37. The third kappa shape index (κ3) is 11.1. The SMILES string of the molecule is [O-]B([O-])OCCCC(c1ccccc1)(c1ccccc1)c1ccccc1.c1cc[n+](Oc2ccc3ccccc3c2)cc1.c1cc[n+](Oc2ccc3ccccc3c2)cc1. The molecule has 0 amide bonds. The molecule has 0 N–H and O–H groups in total. The van der Waals surface area contributed by atoms with Gasteiger partial charge in [0.2, 0.25) is 36.3 Å². The minimum atomic E-state index is -2.23. The van der Waals surface area contributed by atoms with Gasteiger partial charge in [0.1, 0.15) is 0 Å². The summed E-state index contributed by atoms with van der Waals surface area (Å²) in [7, 11) is -2.23. The van der Waals surface area contributed by atoms with Gasteiger partial charge >= 0.3 is 0 Å². The number of nitrogens with zero attached hydrogens (tertiary/aromatic N) is 2. The second kappa shape index (κ2) is 21.1. The van der Waals surface area contributed by atoms with Gasteiger partial charge in [0, 0.05) is 45.7 Å². The topological polar surface area (TPSA) is 81.6 Å². The zero-order chi connectivity index (χ0) is 41.2. The largest absolute Gasteiger partial charge is 0.871 e. The van der Waals surface area contributed by atoms with Gasteiger partial charge in [-0.3, -0.25) is 0 Å². The third-order valence-corrected chi connectivity index (χ3v) is 9.99. The van der Waals surface area contributed by atoms with E-state index in [0.29, 0.717) is 6.42 Å². The van der Waals surface area contributed by atoms with Crippen molar-refractivity contribution in [1.29, 1.82) is 0 Å². The first-order chi connectivity index (χ1) is 29.6. The molecule has 7 nitrogen and oxygen atoms in total. The van der Waals surface area contributed by atoms with E-state index in [1.807, 2.05) is 164 Å². The third-order valence-electron chi connectivity index (χ3n) is 9.99. The zero-order valence-corrected chi connectivity index (χ0v) is 33.2. The number of hydrogen-bond donors (Lipinski definition) is 0. The number of rotatable bonds is 12. The summed E-state index contributed by atoms with van der Waals surface area (Å²) < 4.78 is 8.10. The lowest BCUT2D eigenvalue weighted by molar-refractivity contribution is -0.875. The summed E-state index contributed by atoms with van der Waals surface area (Å²) >= 11 is 0. The first kappa shape index (κ1) is 41.1. The van der Waals surface area contributed by atoms with Gasteiger partial charge in [0.15, 0.2) is 0 Å². The van der Waals surface area contributed by atoms with Crippen molar-refractivity contribution in [2.75, 3.05) is 6.61 Å². The molecule has 0 fully saturated rings. The summed E-state index contributed by atoms with van der Waals surface area (Å²) in [5, 5.41) is 26.2. The van der Waals surface area contributed by atoms with Crippen LogP contribution in [0.3, 0.4) is 0 Å². The summed E-state index contributed by atoms with van der Waals surface area (Å²) in [6, 6.07) is 71.3. The van der Waals surface area contributed by atoms with Crippen LogP contribution in [0.2, 0.25) is 0 Å². The molecule has 296 valence electrons. The average molecular weight is 789 g/mol. The normalized spacial score (nSPS) is 10.8. The van der Waals surface area contributed by atoms with Crippen LogP contribution >= 0.6 is 0 Å². The molecule has 60 heavy (non-hydrogen) atoms. The van der Waals surface area contributed by atoms with Crippen molar-refractivity contribution in [3.05, 3.63) is 254 Å². The van der Waals surface area contributed by atoms with Crippen molar-refractivity contribution >= 4 is 28.9 Å². The van der Waals surface area contributed by atoms with Crippen LogP contribution < -0.4 is 29.2 Å². The molecule has 9 aromatic rings. The predicted octanol–water partition coefficient (Wildman–Crippen LogP) is 8.46. The van der Waals surface area contributed by atoms with Crippen LogP contribution in [-0.2, 0) is 10.1 Å². The van der Waals surface area contributed by atoms with E-state index in [0.717, 1.165) is 17.9 Å². The molecule has 0 saturated heterocycles. The van der Waals surface area contributed by atoms with Crippen molar-refractivity contribution < 1.29 is 33.8 Å². The van der Waals surface area contributed by atoms with Gasteiger partial charge in [-0.15, -0.1) is 0 Å². The standard InChI is InChI=1S/C22H21BO3.2C15H12NO/c24-23(25)26-18-10-17-22(19-11-4-1-5-12-19,20-13-6-2-7-14-20)21-15-8-3-9-16-21;2*1-4-10-16(11-5-1)17-15-9-8-13-6-2-3-7-14(13)12-15/h1-9,11-16H,10,17-18H2;2*1-12H/q-2;2*+1. The van der Waals surface area contributed by atoms with Gasteiger partial charge in [-0.2, -0.15) is 0 Å². The Hall–Kier alpha value is -7.10.